The minimum Gasteiger partial charge on any atom is -0.296 e. The van der Waals surface area contributed by atoms with Crippen molar-refractivity contribution >= 4 is 6.21 Å². The zero-order valence-electron chi connectivity index (χ0n) is 7.89. The maximum Gasteiger partial charge on any atom is 0.0277 e. The number of rotatable bonds is 3. The first-order valence-electron chi connectivity index (χ1n) is 3.97. The summed E-state index contributed by atoms with van der Waals surface area (Å²) in [5.74, 6) is 0. The van der Waals surface area contributed by atoms with E-state index in [1.165, 1.54) is 11.1 Å². The van der Waals surface area contributed by atoms with Gasteiger partial charge in [-0.3, -0.25) is 4.99 Å². The van der Waals surface area contributed by atoms with Crippen molar-refractivity contribution in [2.24, 2.45) is 4.99 Å². The van der Waals surface area contributed by atoms with Crippen molar-refractivity contribution < 1.29 is 0 Å². The van der Waals surface area contributed by atoms with Crippen LogP contribution in [0, 0.1) is 0 Å². The van der Waals surface area contributed by atoms with Crippen LogP contribution in [0.15, 0.2) is 28.3 Å². The molecule has 0 aromatic rings. The van der Waals surface area contributed by atoms with Crippen LogP contribution in [0.2, 0.25) is 0 Å². The predicted molar refractivity (Wildman–Crippen MR) is 52.2 cm³/mol. The second kappa shape index (κ2) is 5.90. The van der Waals surface area contributed by atoms with Crippen molar-refractivity contribution in [3.05, 3.63) is 23.3 Å². The van der Waals surface area contributed by atoms with Gasteiger partial charge in [0.15, 0.2) is 0 Å². The molecule has 0 unspecified atom stereocenters. The standard InChI is InChI=1S/C10H17N/c1-5-10(8-11-4)7-6-9(2)3/h6-8H,5H2,1-4H3/b10-7+,11-8?. The normalized spacial score (nSPS) is 12.2. The number of allylic oxidation sites excluding steroid dienone is 4. The van der Waals surface area contributed by atoms with Gasteiger partial charge in [0.1, 0.15) is 0 Å². The van der Waals surface area contributed by atoms with Crippen LogP contribution in [-0.4, -0.2) is 13.3 Å². The summed E-state index contributed by atoms with van der Waals surface area (Å²) in [5.41, 5.74) is 2.59. The van der Waals surface area contributed by atoms with Crippen LogP contribution in [0.5, 0.6) is 0 Å². The summed E-state index contributed by atoms with van der Waals surface area (Å²) in [4.78, 5) is 3.96. The summed E-state index contributed by atoms with van der Waals surface area (Å²) in [6.07, 6.45) is 7.17. The van der Waals surface area contributed by atoms with Gasteiger partial charge in [-0.05, 0) is 25.8 Å². The topological polar surface area (TPSA) is 12.4 Å². The van der Waals surface area contributed by atoms with E-state index >= 15 is 0 Å². The third-order valence-corrected chi connectivity index (χ3v) is 1.33. The van der Waals surface area contributed by atoms with Gasteiger partial charge < -0.3 is 0 Å². The lowest BCUT2D eigenvalue weighted by Crippen LogP contribution is -1.80. The Kier molecular flexibility index (Phi) is 5.44. The molecule has 1 heteroatoms. The molecule has 0 spiro atoms. The lowest BCUT2D eigenvalue weighted by molar-refractivity contribution is 1.17. The van der Waals surface area contributed by atoms with Crippen LogP contribution in [0.3, 0.4) is 0 Å². The molecule has 0 saturated carbocycles. The highest BCUT2D eigenvalue weighted by Gasteiger charge is 1.84. The van der Waals surface area contributed by atoms with Crippen LogP contribution in [0.1, 0.15) is 27.2 Å². The van der Waals surface area contributed by atoms with Crippen LogP contribution < -0.4 is 0 Å². The maximum atomic E-state index is 3.96. The van der Waals surface area contributed by atoms with Gasteiger partial charge in [-0.1, -0.05) is 24.6 Å². The summed E-state index contributed by atoms with van der Waals surface area (Å²) in [5, 5.41) is 0. The van der Waals surface area contributed by atoms with Gasteiger partial charge in [-0.25, -0.2) is 0 Å². The van der Waals surface area contributed by atoms with Crippen molar-refractivity contribution in [2.45, 2.75) is 27.2 Å². The molecule has 0 amide bonds. The molecule has 0 rings (SSSR count). The minimum absolute atomic E-state index is 1.04. The largest absolute Gasteiger partial charge is 0.296 e. The van der Waals surface area contributed by atoms with Crippen LogP contribution >= 0.6 is 0 Å². The molecule has 11 heavy (non-hydrogen) atoms. The van der Waals surface area contributed by atoms with E-state index in [1.54, 1.807) is 7.05 Å². The first-order chi connectivity index (χ1) is 5.20. The molecule has 0 bridgehead atoms. The lowest BCUT2D eigenvalue weighted by Gasteiger charge is -1.92. The van der Waals surface area contributed by atoms with Crippen molar-refractivity contribution in [1.29, 1.82) is 0 Å². The van der Waals surface area contributed by atoms with Crippen molar-refractivity contribution in [1.82, 2.24) is 0 Å². The highest BCUT2D eigenvalue weighted by molar-refractivity contribution is 5.78. The fourth-order valence-corrected chi connectivity index (χ4v) is 0.692. The monoisotopic (exact) mass is 151 g/mol. The Labute approximate surface area is 69.5 Å². The van der Waals surface area contributed by atoms with Crippen LogP contribution in [-0.2, 0) is 0 Å². The van der Waals surface area contributed by atoms with E-state index in [0.717, 1.165) is 6.42 Å². The molecular formula is C10H17N. The smallest absolute Gasteiger partial charge is 0.0277 e. The third-order valence-electron chi connectivity index (χ3n) is 1.33. The molecule has 0 aliphatic rings. The maximum absolute atomic E-state index is 3.96. The molecule has 1 nitrogen and oxygen atoms in total. The van der Waals surface area contributed by atoms with Gasteiger partial charge in [0, 0.05) is 13.3 Å². The van der Waals surface area contributed by atoms with Crippen molar-refractivity contribution in [2.75, 3.05) is 7.05 Å². The van der Waals surface area contributed by atoms with E-state index in [1.807, 2.05) is 6.21 Å². The summed E-state index contributed by atoms with van der Waals surface area (Å²) in [6.45, 7) is 6.31. The summed E-state index contributed by atoms with van der Waals surface area (Å²) >= 11 is 0. The minimum atomic E-state index is 1.04. The van der Waals surface area contributed by atoms with Gasteiger partial charge in [0.2, 0.25) is 0 Å². The average molecular weight is 151 g/mol. The molecular weight excluding hydrogens is 134 g/mol. The highest BCUT2D eigenvalue weighted by Crippen LogP contribution is 1.99. The van der Waals surface area contributed by atoms with E-state index in [2.05, 4.69) is 37.9 Å². The van der Waals surface area contributed by atoms with E-state index in [-0.39, 0.29) is 0 Å². The highest BCUT2D eigenvalue weighted by atomic mass is 14.6. The molecule has 0 aromatic heterocycles. The zero-order valence-corrected chi connectivity index (χ0v) is 7.89. The van der Waals surface area contributed by atoms with Gasteiger partial charge in [-0.2, -0.15) is 0 Å². The van der Waals surface area contributed by atoms with Gasteiger partial charge in [0.05, 0.1) is 0 Å². The van der Waals surface area contributed by atoms with Gasteiger partial charge in [0.25, 0.3) is 0 Å². The van der Waals surface area contributed by atoms with E-state index in [0.29, 0.717) is 0 Å². The lowest BCUT2D eigenvalue weighted by atomic mass is 10.2. The second-order valence-corrected chi connectivity index (χ2v) is 2.73. The van der Waals surface area contributed by atoms with E-state index < -0.39 is 0 Å². The zero-order chi connectivity index (χ0) is 8.69. The molecule has 62 valence electrons. The second-order valence-electron chi connectivity index (χ2n) is 2.73. The van der Waals surface area contributed by atoms with Crippen LogP contribution in [0.4, 0.5) is 0 Å². The Morgan fingerprint density at radius 3 is 2.27 bits per heavy atom. The first kappa shape index (κ1) is 10.2. The van der Waals surface area contributed by atoms with E-state index in [9.17, 15) is 0 Å². The Hall–Kier alpha value is -0.850. The SMILES string of the molecule is CC/C(C=NC)=C\C=C(C)C. The molecule has 0 radical (unpaired) electrons. The molecule has 0 heterocycles. The molecule has 0 aliphatic heterocycles. The number of hydrogen-bond donors (Lipinski definition) is 0. The Bertz CT molecular complexity index is 181. The third kappa shape index (κ3) is 5.59. The Balaban J connectivity index is 4.24. The number of hydrogen-bond acceptors (Lipinski definition) is 1. The summed E-state index contributed by atoms with van der Waals surface area (Å²) < 4.78 is 0. The average Bonchev–Trinajstić information content (AvgIpc) is 1.97. The molecule has 0 atom stereocenters. The van der Waals surface area contributed by atoms with Gasteiger partial charge >= 0.3 is 0 Å². The molecule has 0 saturated heterocycles. The molecule has 0 aromatic carbocycles. The summed E-state index contributed by atoms with van der Waals surface area (Å²) in [6, 6.07) is 0. The van der Waals surface area contributed by atoms with Crippen molar-refractivity contribution in [3.63, 3.8) is 0 Å². The van der Waals surface area contributed by atoms with E-state index in [4.69, 9.17) is 0 Å². The molecule has 0 fully saturated rings. The summed E-state index contributed by atoms with van der Waals surface area (Å²) in [7, 11) is 1.80. The van der Waals surface area contributed by atoms with Crippen LogP contribution in [0.25, 0.3) is 0 Å². The first-order valence-corrected chi connectivity index (χ1v) is 3.97. The fourth-order valence-electron chi connectivity index (χ4n) is 0.692. The predicted octanol–water partition coefficient (Wildman–Crippen LogP) is 2.99. The fraction of sp³-hybridized carbons (Fsp3) is 0.500. The Morgan fingerprint density at radius 1 is 1.27 bits per heavy atom. The number of nitrogens with zero attached hydrogens (tertiary/aromatic N) is 1. The Morgan fingerprint density at radius 2 is 1.91 bits per heavy atom. The quantitative estimate of drug-likeness (QED) is 0.434. The number of aliphatic imine (C=N–C) groups is 1. The van der Waals surface area contributed by atoms with Gasteiger partial charge in [-0.15, -0.1) is 0 Å². The molecule has 0 N–H and O–H groups in total. The van der Waals surface area contributed by atoms with Crippen molar-refractivity contribution in [3.8, 4) is 0 Å². The molecule has 0 aliphatic carbocycles.